The molecule has 0 radical (unpaired) electrons. The highest BCUT2D eigenvalue weighted by Gasteiger charge is 2.19. The molecule has 0 fully saturated rings. The molecule has 2 rings (SSSR count). The highest BCUT2D eigenvalue weighted by atomic mass is 35.5. The Morgan fingerprint density at radius 1 is 1.38 bits per heavy atom. The summed E-state index contributed by atoms with van der Waals surface area (Å²) in [6.07, 6.45) is 3.74. The van der Waals surface area contributed by atoms with Crippen molar-refractivity contribution in [2.45, 2.75) is 26.7 Å². The van der Waals surface area contributed by atoms with Crippen LogP contribution in [0.2, 0.25) is 10.0 Å². The minimum absolute atomic E-state index is 0.0949. The number of carbonyl (C=O) groups is 1. The molecule has 0 saturated carbocycles. The summed E-state index contributed by atoms with van der Waals surface area (Å²) in [5.74, 6) is -0.0949. The third kappa shape index (κ3) is 4.25. The molecule has 0 aliphatic carbocycles. The standard InChI is InChI=1S/C15H16Cl2N2OS/c1-3-4-7-19-15(21-10(2)18-19)9-14(20)11-5-6-12(16)13(17)8-11/h5-6,8-9H,3-4,7H2,1-2H3/b15-9-. The average molecular weight is 343 g/mol. The first kappa shape index (κ1) is 16.4. The molecule has 0 bridgehead atoms. The second-order valence-corrected chi connectivity index (χ2v) is 6.70. The molecule has 0 amide bonds. The molecule has 1 aliphatic heterocycles. The van der Waals surface area contributed by atoms with Gasteiger partial charge in [0.1, 0.15) is 5.03 Å². The van der Waals surface area contributed by atoms with Gasteiger partial charge in [0.25, 0.3) is 0 Å². The van der Waals surface area contributed by atoms with Crippen molar-refractivity contribution in [2.75, 3.05) is 6.54 Å². The van der Waals surface area contributed by atoms with E-state index in [4.69, 9.17) is 23.2 Å². The highest BCUT2D eigenvalue weighted by Crippen LogP contribution is 2.31. The predicted molar refractivity (Wildman–Crippen MR) is 91.2 cm³/mol. The van der Waals surface area contributed by atoms with Gasteiger partial charge in [0.05, 0.1) is 15.1 Å². The molecule has 0 aromatic heterocycles. The zero-order chi connectivity index (χ0) is 15.4. The first-order valence-electron chi connectivity index (χ1n) is 6.73. The molecule has 112 valence electrons. The van der Waals surface area contributed by atoms with Crippen LogP contribution in [-0.2, 0) is 0 Å². The van der Waals surface area contributed by atoms with E-state index in [1.807, 2.05) is 11.9 Å². The van der Waals surface area contributed by atoms with Crippen molar-refractivity contribution in [1.82, 2.24) is 5.01 Å². The minimum atomic E-state index is -0.0949. The number of hydrogen-bond acceptors (Lipinski definition) is 4. The molecule has 1 aliphatic rings. The highest BCUT2D eigenvalue weighted by molar-refractivity contribution is 8.17. The van der Waals surface area contributed by atoms with Crippen molar-refractivity contribution in [3.63, 3.8) is 0 Å². The Balaban J connectivity index is 2.17. The van der Waals surface area contributed by atoms with E-state index >= 15 is 0 Å². The molecule has 6 heteroatoms. The van der Waals surface area contributed by atoms with Crippen molar-refractivity contribution in [3.05, 3.63) is 44.9 Å². The number of ketones is 1. The van der Waals surface area contributed by atoms with Gasteiger partial charge < -0.3 is 0 Å². The minimum Gasteiger partial charge on any atom is -0.289 e. The Bertz CT molecular complexity index is 614. The van der Waals surface area contributed by atoms with Gasteiger partial charge >= 0.3 is 0 Å². The smallest absolute Gasteiger partial charge is 0.188 e. The summed E-state index contributed by atoms with van der Waals surface area (Å²) in [4.78, 5) is 12.3. The molecule has 0 unspecified atom stereocenters. The lowest BCUT2D eigenvalue weighted by molar-refractivity contribution is 0.104. The Hall–Kier alpha value is -0.970. The van der Waals surface area contributed by atoms with Crippen LogP contribution in [0.5, 0.6) is 0 Å². The summed E-state index contributed by atoms with van der Waals surface area (Å²) in [6.45, 7) is 4.89. The van der Waals surface area contributed by atoms with E-state index in [9.17, 15) is 4.79 Å². The van der Waals surface area contributed by atoms with E-state index in [2.05, 4.69) is 12.0 Å². The number of thioether (sulfide) groups is 1. The summed E-state index contributed by atoms with van der Waals surface area (Å²) in [6, 6.07) is 4.90. The Labute approximate surface area is 139 Å². The van der Waals surface area contributed by atoms with Gasteiger partial charge in [-0.05, 0) is 31.5 Å². The summed E-state index contributed by atoms with van der Waals surface area (Å²) >= 11 is 13.3. The lowest BCUT2D eigenvalue weighted by Crippen LogP contribution is -2.14. The third-order valence-corrected chi connectivity index (χ3v) is 4.60. The molecule has 1 heterocycles. The number of benzene rings is 1. The van der Waals surface area contributed by atoms with Gasteiger partial charge in [-0.15, -0.1) is 0 Å². The maximum Gasteiger partial charge on any atom is 0.188 e. The molecular formula is C15H16Cl2N2OS. The number of halogens is 2. The molecule has 3 nitrogen and oxygen atoms in total. The number of nitrogens with zero attached hydrogens (tertiary/aromatic N) is 2. The quantitative estimate of drug-likeness (QED) is 0.544. The van der Waals surface area contributed by atoms with E-state index in [0.29, 0.717) is 15.6 Å². The molecule has 1 aromatic rings. The number of carbonyl (C=O) groups excluding carboxylic acids is 1. The fraction of sp³-hybridized carbons (Fsp3) is 0.333. The molecule has 0 saturated heterocycles. The number of rotatable bonds is 5. The van der Waals surface area contributed by atoms with Gasteiger partial charge in [-0.2, -0.15) is 5.10 Å². The van der Waals surface area contributed by atoms with Crippen LogP contribution in [0.15, 0.2) is 34.4 Å². The SMILES string of the molecule is CCCCN1N=C(C)S/C1=C\C(=O)c1ccc(Cl)c(Cl)c1. The first-order chi connectivity index (χ1) is 10.0. The van der Waals surface area contributed by atoms with Crippen LogP contribution < -0.4 is 0 Å². The van der Waals surface area contributed by atoms with E-state index in [1.165, 1.54) is 11.8 Å². The monoisotopic (exact) mass is 342 g/mol. The molecule has 0 N–H and O–H groups in total. The Morgan fingerprint density at radius 3 is 2.81 bits per heavy atom. The van der Waals surface area contributed by atoms with Crippen molar-refractivity contribution in [3.8, 4) is 0 Å². The molecule has 0 spiro atoms. The zero-order valence-electron chi connectivity index (χ0n) is 11.9. The van der Waals surface area contributed by atoms with Gasteiger partial charge in [0.2, 0.25) is 0 Å². The Kier molecular flexibility index (Phi) is 5.73. The van der Waals surface area contributed by atoms with Crippen LogP contribution in [0.1, 0.15) is 37.0 Å². The van der Waals surface area contributed by atoms with Crippen molar-refractivity contribution in [2.24, 2.45) is 5.10 Å². The summed E-state index contributed by atoms with van der Waals surface area (Å²) in [7, 11) is 0. The van der Waals surface area contributed by atoms with Crippen LogP contribution in [0.25, 0.3) is 0 Å². The molecule has 1 aromatic carbocycles. The van der Waals surface area contributed by atoms with Crippen LogP contribution in [-0.4, -0.2) is 22.4 Å². The third-order valence-electron chi connectivity index (χ3n) is 2.95. The van der Waals surface area contributed by atoms with Gasteiger partial charge in [-0.25, -0.2) is 0 Å². The fourth-order valence-corrected chi connectivity index (χ4v) is 3.00. The number of allylic oxidation sites excluding steroid dienone is 1. The first-order valence-corrected chi connectivity index (χ1v) is 8.30. The van der Waals surface area contributed by atoms with E-state index in [0.717, 1.165) is 29.5 Å². The lowest BCUT2D eigenvalue weighted by Gasteiger charge is -2.14. The normalized spacial score (nSPS) is 16.5. The van der Waals surface area contributed by atoms with Crippen molar-refractivity contribution in [1.29, 1.82) is 0 Å². The van der Waals surface area contributed by atoms with Crippen molar-refractivity contribution < 1.29 is 4.79 Å². The summed E-state index contributed by atoms with van der Waals surface area (Å²) < 4.78 is 0. The maximum absolute atomic E-state index is 12.3. The van der Waals surface area contributed by atoms with E-state index < -0.39 is 0 Å². The lowest BCUT2D eigenvalue weighted by atomic mass is 10.1. The van der Waals surface area contributed by atoms with E-state index in [1.54, 1.807) is 24.3 Å². The summed E-state index contributed by atoms with van der Waals surface area (Å²) in [5, 5.41) is 8.95. The van der Waals surface area contributed by atoms with Gasteiger partial charge in [0, 0.05) is 18.2 Å². The van der Waals surface area contributed by atoms with Gasteiger partial charge in [-0.1, -0.05) is 48.3 Å². The number of unbranched alkanes of at least 4 members (excludes halogenated alkanes) is 1. The number of hydrazone groups is 1. The largest absolute Gasteiger partial charge is 0.289 e. The van der Waals surface area contributed by atoms with Gasteiger partial charge in [-0.3, -0.25) is 9.80 Å². The summed E-state index contributed by atoms with van der Waals surface area (Å²) in [5.41, 5.74) is 0.525. The average Bonchev–Trinajstić information content (AvgIpc) is 2.79. The van der Waals surface area contributed by atoms with Crippen molar-refractivity contribution >= 4 is 45.8 Å². The fourth-order valence-electron chi connectivity index (χ4n) is 1.86. The van der Waals surface area contributed by atoms with Gasteiger partial charge in [0.15, 0.2) is 5.78 Å². The van der Waals surface area contributed by atoms with E-state index in [-0.39, 0.29) is 5.78 Å². The van der Waals surface area contributed by atoms with Crippen LogP contribution >= 0.6 is 35.0 Å². The second kappa shape index (κ2) is 7.34. The second-order valence-electron chi connectivity index (χ2n) is 4.67. The van der Waals surface area contributed by atoms with Crippen LogP contribution in [0.3, 0.4) is 0 Å². The van der Waals surface area contributed by atoms with Crippen LogP contribution in [0, 0.1) is 0 Å². The predicted octanol–water partition coefficient (Wildman–Crippen LogP) is 5.20. The zero-order valence-corrected chi connectivity index (χ0v) is 14.2. The molecular weight excluding hydrogens is 327 g/mol. The molecule has 21 heavy (non-hydrogen) atoms. The topological polar surface area (TPSA) is 32.7 Å². The Morgan fingerprint density at radius 2 is 2.14 bits per heavy atom. The van der Waals surface area contributed by atoms with Crippen LogP contribution in [0.4, 0.5) is 0 Å². The number of hydrogen-bond donors (Lipinski definition) is 0. The maximum atomic E-state index is 12.3. The molecule has 0 atom stereocenters.